The lowest BCUT2D eigenvalue weighted by molar-refractivity contribution is 0.147. The Bertz CT molecular complexity index is 432. The van der Waals surface area contributed by atoms with Crippen molar-refractivity contribution in [1.82, 2.24) is 14.7 Å². The molecule has 1 aliphatic rings. The van der Waals surface area contributed by atoms with E-state index in [2.05, 4.69) is 5.10 Å². The number of nitrogen functional groups attached to an aromatic ring is 1. The van der Waals surface area contributed by atoms with E-state index in [1.165, 1.54) is 6.92 Å². The molecule has 1 unspecified atom stereocenters. The summed E-state index contributed by atoms with van der Waals surface area (Å²) in [6.07, 6.45) is 4.98. The van der Waals surface area contributed by atoms with Crippen molar-refractivity contribution in [3.8, 4) is 0 Å². The third-order valence-electron chi connectivity index (χ3n) is 2.93. The van der Waals surface area contributed by atoms with Gasteiger partial charge >= 0.3 is 0 Å². The molecule has 1 aliphatic heterocycles. The Morgan fingerprint density at radius 2 is 2.40 bits per heavy atom. The van der Waals surface area contributed by atoms with Crippen molar-refractivity contribution in [2.24, 2.45) is 0 Å². The van der Waals surface area contributed by atoms with Crippen LogP contribution >= 0.6 is 0 Å². The zero-order chi connectivity index (χ0) is 14.3. The lowest BCUT2D eigenvalue weighted by Gasteiger charge is -2.34. The van der Waals surface area contributed by atoms with E-state index in [-0.39, 0.29) is 6.04 Å². The number of aromatic nitrogens is 2. The molecule has 2 N–H and O–H groups in total. The number of anilines is 1. The second kappa shape index (κ2) is 4.23. The molecule has 84 valence electrons. The van der Waals surface area contributed by atoms with E-state index in [0.29, 0.717) is 18.8 Å². The first kappa shape index (κ1) is 6.53. The molecule has 1 saturated heterocycles. The van der Waals surface area contributed by atoms with E-state index >= 15 is 0 Å². The Labute approximate surface area is 96.7 Å². The molecule has 0 radical (unpaired) electrons. The van der Waals surface area contributed by atoms with Crippen LogP contribution in [0.25, 0.3) is 0 Å². The SMILES string of the molecule is [2H]C([2H])([2H])C([2H])(C)N1CCC(n2cc(N)cn2)CC1. The molecule has 4 heteroatoms. The molecule has 1 aromatic rings. The van der Waals surface area contributed by atoms with Crippen LogP contribution in [0.2, 0.25) is 0 Å². The fourth-order valence-electron chi connectivity index (χ4n) is 2.02. The predicted molar refractivity (Wildman–Crippen MR) is 61.6 cm³/mol. The molecule has 15 heavy (non-hydrogen) atoms. The first-order chi connectivity index (χ1) is 8.72. The Morgan fingerprint density at radius 1 is 1.67 bits per heavy atom. The molecule has 0 aliphatic carbocycles. The topological polar surface area (TPSA) is 47.1 Å². The molecule has 2 heterocycles. The highest BCUT2D eigenvalue weighted by molar-refractivity contribution is 5.30. The maximum Gasteiger partial charge on any atom is 0.0719 e. The quantitative estimate of drug-likeness (QED) is 0.808. The second-order valence-electron chi connectivity index (χ2n) is 4.06. The van der Waals surface area contributed by atoms with Gasteiger partial charge in [0.1, 0.15) is 0 Å². The zero-order valence-corrected chi connectivity index (χ0v) is 8.98. The van der Waals surface area contributed by atoms with Crippen molar-refractivity contribution in [3.05, 3.63) is 12.4 Å². The number of likely N-dealkylation sites (tertiary alicyclic amines) is 1. The second-order valence-corrected chi connectivity index (χ2v) is 4.06. The predicted octanol–water partition coefficient (Wildman–Crippen LogP) is 1.51. The van der Waals surface area contributed by atoms with Crippen LogP contribution in [-0.4, -0.2) is 33.8 Å². The van der Waals surface area contributed by atoms with Gasteiger partial charge in [0.25, 0.3) is 0 Å². The Morgan fingerprint density at radius 3 is 2.93 bits per heavy atom. The number of nitrogens with zero attached hydrogens (tertiary/aromatic N) is 3. The molecule has 0 spiro atoms. The minimum absolute atomic E-state index is 0.237. The first-order valence-corrected chi connectivity index (χ1v) is 5.26. The van der Waals surface area contributed by atoms with E-state index < -0.39 is 12.9 Å². The summed E-state index contributed by atoms with van der Waals surface area (Å²) in [6.45, 7) is 0.341. The van der Waals surface area contributed by atoms with Crippen molar-refractivity contribution in [2.75, 3.05) is 18.8 Å². The maximum absolute atomic E-state index is 8.07. The van der Waals surface area contributed by atoms with Crippen LogP contribution in [0.15, 0.2) is 12.4 Å². The Hall–Kier alpha value is -1.03. The minimum atomic E-state index is -2.30. The van der Waals surface area contributed by atoms with Gasteiger partial charge in [-0.25, -0.2) is 0 Å². The molecule has 1 aromatic heterocycles. The third kappa shape index (κ3) is 2.31. The zero-order valence-electron chi connectivity index (χ0n) is 13.0. The van der Waals surface area contributed by atoms with Gasteiger partial charge in [-0.15, -0.1) is 0 Å². The summed E-state index contributed by atoms with van der Waals surface area (Å²) in [5.41, 5.74) is 6.28. The smallest absolute Gasteiger partial charge is 0.0719 e. The third-order valence-corrected chi connectivity index (χ3v) is 2.93. The van der Waals surface area contributed by atoms with Gasteiger partial charge in [-0.05, 0) is 26.6 Å². The van der Waals surface area contributed by atoms with E-state index in [9.17, 15) is 0 Å². The van der Waals surface area contributed by atoms with Crippen molar-refractivity contribution in [2.45, 2.75) is 38.7 Å². The number of hydrogen-bond acceptors (Lipinski definition) is 3. The average molecular weight is 212 g/mol. The summed E-state index contributed by atoms with van der Waals surface area (Å²) in [4.78, 5) is 1.73. The Kier molecular flexibility index (Phi) is 1.84. The van der Waals surface area contributed by atoms with Crippen LogP contribution in [0.5, 0.6) is 0 Å². The molecular weight excluding hydrogens is 188 g/mol. The Balaban J connectivity index is 2.00. The van der Waals surface area contributed by atoms with E-state index in [0.717, 1.165) is 12.8 Å². The van der Waals surface area contributed by atoms with Gasteiger partial charge in [0, 0.05) is 30.8 Å². The van der Waals surface area contributed by atoms with Gasteiger partial charge in [-0.3, -0.25) is 4.68 Å². The van der Waals surface area contributed by atoms with Crippen LogP contribution in [-0.2, 0) is 0 Å². The number of piperidine rings is 1. The molecule has 0 aromatic carbocycles. The highest BCUT2D eigenvalue weighted by Gasteiger charge is 2.22. The molecule has 4 nitrogen and oxygen atoms in total. The van der Waals surface area contributed by atoms with E-state index in [1.54, 1.807) is 17.3 Å². The fourth-order valence-corrected chi connectivity index (χ4v) is 2.02. The lowest BCUT2D eigenvalue weighted by Crippen LogP contribution is -2.39. The van der Waals surface area contributed by atoms with Gasteiger partial charge in [0.15, 0.2) is 0 Å². The number of hydrogen-bond donors (Lipinski definition) is 1. The molecule has 0 bridgehead atoms. The maximum atomic E-state index is 8.07. The molecule has 1 fully saturated rings. The number of nitrogens with two attached hydrogens (primary N) is 1. The van der Waals surface area contributed by atoms with Gasteiger partial charge in [-0.1, -0.05) is 0 Å². The standard InChI is InChI=1S/C11H20N4/c1-9(2)14-5-3-11(4-6-14)15-8-10(12)7-13-15/h7-9,11H,3-6,12H2,1-2H3/i1D3,9D. The molecule has 0 amide bonds. The highest BCUT2D eigenvalue weighted by atomic mass is 15.3. The summed E-state index contributed by atoms with van der Waals surface area (Å²) in [5.74, 6) is 0. The summed E-state index contributed by atoms with van der Waals surface area (Å²) >= 11 is 0. The van der Waals surface area contributed by atoms with Crippen LogP contribution in [0.4, 0.5) is 5.69 Å². The molecular formula is C11H20N4. The van der Waals surface area contributed by atoms with Gasteiger partial charge in [0.05, 0.1) is 17.9 Å². The van der Waals surface area contributed by atoms with Crippen LogP contribution in [0, 0.1) is 0 Å². The summed E-state index contributed by atoms with van der Waals surface area (Å²) in [5, 5.41) is 4.19. The molecule has 0 saturated carbocycles. The van der Waals surface area contributed by atoms with E-state index in [4.69, 9.17) is 11.2 Å². The van der Waals surface area contributed by atoms with E-state index in [1.807, 2.05) is 4.68 Å². The van der Waals surface area contributed by atoms with Crippen LogP contribution in [0.3, 0.4) is 0 Å². The monoisotopic (exact) mass is 212 g/mol. The van der Waals surface area contributed by atoms with Gasteiger partial charge < -0.3 is 10.6 Å². The minimum Gasteiger partial charge on any atom is -0.396 e. The van der Waals surface area contributed by atoms with Gasteiger partial charge in [-0.2, -0.15) is 5.10 Å². The van der Waals surface area contributed by atoms with Gasteiger partial charge in [0.2, 0.25) is 0 Å². The molecule has 2 rings (SSSR count). The summed E-state index contributed by atoms with van der Waals surface area (Å²) in [7, 11) is 0. The van der Waals surface area contributed by atoms with Crippen molar-refractivity contribution >= 4 is 5.69 Å². The lowest BCUT2D eigenvalue weighted by atomic mass is 10.0. The number of rotatable bonds is 2. The molecule has 1 atom stereocenters. The fraction of sp³-hybridized carbons (Fsp3) is 0.727. The highest BCUT2D eigenvalue weighted by Crippen LogP contribution is 2.23. The summed E-state index contributed by atoms with van der Waals surface area (Å²) in [6, 6.07) is -1.29. The average Bonchev–Trinajstić information content (AvgIpc) is 2.74. The van der Waals surface area contributed by atoms with Crippen molar-refractivity contribution in [3.63, 3.8) is 0 Å². The van der Waals surface area contributed by atoms with Crippen molar-refractivity contribution in [1.29, 1.82) is 0 Å². The first-order valence-electron chi connectivity index (χ1n) is 7.26. The van der Waals surface area contributed by atoms with Crippen molar-refractivity contribution < 1.29 is 5.48 Å². The summed E-state index contributed by atoms with van der Waals surface area (Å²) < 4.78 is 32.3. The largest absolute Gasteiger partial charge is 0.396 e. The van der Waals surface area contributed by atoms with Crippen LogP contribution < -0.4 is 5.73 Å². The normalized spacial score (nSPS) is 28.6. The van der Waals surface area contributed by atoms with Crippen LogP contribution in [0.1, 0.15) is 38.1 Å².